The van der Waals surface area contributed by atoms with E-state index in [9.17, 15) is 17.6 Å². The lowest BCUT2D eigenvalue weighted by atomic mass is 9.93. The third kappa shape index (κ3) is 4.45. The number of halogens is 5. The monoisotopic (exact) mass is 517 g/mol. The van der Waals surface area contributed by atoms with Crippen molar-refractivity contribution in [2.75, 3.05) is 25.4 Å². The van der Waals surface area contributed by atoms with Crippen LogP contribution in [0.15, 0.2) is 34.2 Å². The Morgan fingerprint density at radius 2 is 2.06 bits per heavy atom. The Bertz CT molecular complexity index is 1180. The molecular formula is C22H24ClF4N5OS. The zero-order valence-electron chi connectivity index (χ0n) is 18.6. The molecule has 2 fully saturated rings. The number of fused-ring (bicyclic) bond motifs is 1. The molecule has 1 aliphatic heterocycles. The fourth-order valence-electron chi connectivity index (χ4n) is 4.88. The maximum Gasteiger partial charge on any atom is 0.416 e. The molecule has 5 rings (SSSR count). The molecule has 2 aromatic heterocycles. The summed E-state index contributed by atoms with van der Waals surface area (Å²) in [6.07, 6.45) is -1.40. The Morgan fingerprint density at radius 1 is 1.26 bits per heavy atom. The number of rotatable bonds is 7. The molecule has 0 spiro atoms. The number of thioether (sulfide) groups is 1. The van der Waals surface area contributed by atoms with Gasteiger partial charge in [0.05, 0.1) is 11.3 Å². The molecule has 6 nitrogen and oxygen atoms in total. The van der Waals surface area contributed by atoms with Crippen LogP contribution in [0.4, 0.5) is 17.6 Å². The van der Waals surface area contributed by atoms with Crippen LogP contribution < -0.4 is 0 Å². The van der Waals surface area contributed by atoms with Crippen molar-refractivity contribution in [2.45, 2.75) is 36.5 Å². The number of aromatic nitrogens is 4. The fraction of sp³-hybridized carbons (Fsp3) is 0.500. The standard InChI is InChI=1S/C22H23F4N5OS.ClH/c1-13-18(32-12-27-13)19-28-29-20(30(19)2)33-7-3-6-31-10-15-9-21(15,11-31)16-5-4-14(8-17(16)23)22(24,25)26;/h4-5,8,12,15H,3,6-7,9-11H2,1-2H3;1H/t15-,21?;/m1./s1. The summed E-state index contributed by atoms with van der Waals surface area (Å²) in [7, 11) is 1.88. The molecule has 1 aliphatic carbocycles. The highest BCUT2D eigenvalue weighted by Crippen LogP contribution is 2.59. The van der Waals surface area contributed by atoms with E-state index in [0.29, 0.717) is 35.7 Å². The molecule has 184 valence electrons. The molecule has 1 unspecified atom stereocenters. The number of benzene rings is 1. The molecule has 3 heterocycles. The van der Waals surface area contributed by atoms with Gasteiger partial charge in [0.15, 0.2) is 17.3 Å². The van der Waals surface area contributed by atoms with E-state index >= 15 is 0 Å². The summed E-state index contributed by atoms with van der Waals surface area (Å²) in [4.78, 5) is 6.37. The predicted molar refractivity (Wildman–Crippen MR) is 121 cm³/mol. The average molecular weight is 518 g/mol. The van der Waals surface area contributed by atoms with E-state index in [4.69, 9.17) is 4.42 Å². The van der Waals surface area contributed by atoms with Crippen molar-refractivity contribution in [3.63, 3.8) is 0 Å². The summed E-state index contributed by atoms with van der Waals surface area (Å²) in [6, 6.07) is 2.96. The van der Waals surface area contributed by atoms with E-state index in [1.807, 2.05) is 18.5 Å². The van der Waals surface area contributed by atoms with Crippen molar-refractivity contribution < 1.29 is 22.0 Å². The molecule has 2 atom stereocenters. The summed E-state index contributed by atoms with van der Waals surface area (Å²) >= 11 is 1.60. The van der Waals surface area contributed by atoms with Gasteiger partial charge in [-0.25, -0.2) is 9.37 Å². The van der Waals surface area contributed by atoms with Gasteiger partial charge in [0, 0.05) is 31.3 Å². The van der Waals surface area contributed by atoms with E-state index in [2.05, 4.69) is 20.1 Å². The van der Waals surface area contributed by atoms with Crippen LogP contribution in [0.3, 0.4) is 0 Å². The molecule has 1 saturated carbocycles. The predicted octanol–water partition coefficient (Wildman–Crippen LogP) is 5.11. The third-order valence-electron chi connectivity index (χ3n) is 6.68. The first-order chi connectivity index (χ1) is 15.7. The molecule has 1 aromatic carbocycles. The van der Waals surface area contributed by atoms with Crippen LogP contribution in [0.1, 0.15) is 29.7 Å². The van der Waals surface area contributed by atoms with E-state index in [1.165, 1.54) is 12.5 Å². The minimum atomic E-state index is -4.53. The molecule has 0 bridgehead atoms. The number of alkyl halides is 3. The van der Waals surface area contributed by atoms with Gasteiger partial charge in [0.25, 0.3) is 0 Å². The van der Waals surface area contributed by atoms with Crippen LogP contribution in [0.25, 0.3) is 11.6 Å². The summed E-state index contributed by atoms with van der Waals surface area (Å²) in [6.45, 7) is 4.23. The summed E-state index contributed by atoms with van der Waals surface area (Å²) in [5.41, 5.74) is -0.0937. The van der Waals surface area contributed by atoms with E-state index in [-0.39, 0.29) is 17.8 Å². The van der Waals surface area contributed by atoms with Crippen LogP contribution in [0.5, 0.6) is 0 Å². The van der Waals surface area contributed by atoms with Crippen molar-refractivity contribution in [1.82, 2.24) is 24.6 Å². The number of oxazole rings is 1. The Labute approximate surface area is 204 Å². The minimum absolute atomic E-state index is 0. The van der Waals surface area contributed by atoms with Gasteiger partial charge in [-0.2, -0.15) is 13.2 Å². The van der Waals surface area contributed by atoms with Crippen LogP contribution in [-0.4, -0.2) is 50.0 Å². The van der Waals surface area contributed by atoms with Gasteiger partial charge >= 0.3 is 6.18 Å². The molecule has 12 heteroatoms. The van der Waals surface area contributed by atoms with Gasteiger partial charge in [-0.15, -0.1) is 22.6 Å². The fourth-order valence-corrected chi connectivity index (χ4v) is 5.71. The molecule has 0 N–H and O–H groups in total. The highest BCUT2D eigenvalue weighted by atomic mass is 35.5. The van der Waals surface area contributed by atoms with E-state index in [0.717, 1.165) is 48.6 Å². The van der Waals surface area contributed by atoms with Crippen molar-refractivity contribution in [1.29, 1.82) is 0 Å². The first-order valence-electron chi connectivity index (χ1n) is 10.7. The second kappa shape index (κ2) is 9.16. The first kappa shape index (κ1) is 25.0. The molecule has 3 aromatic rings. The van der Waals surface area contributed by atoms with Gasteiger partial charge in [0.1, 0.15) is 5.82 Å². The van der Waals surface area contributed by atoms with Crippen molar-refractivity contribution in [3.8, 4) is 11.6 Å². The lowest BCUT2D eigenvalue weighted by Crippen LogP contribution is -2.28. The molecular weight excluding hydrogens is 494 g/mol. The molecule has 0 amide bonds. The van der Waals surface area contributed by atoms with Crippen LogP contribution in [0, 0.1) is 18.7 Å². The van der Waals surface area contributed by atoms with Crippen LogP contribution >= 0.6 is 24.2 Å². The lowest BCUT2D eigenvalue weighted by molar-refractivity contribution is -0.137. The normalized spacial score (nSPS) is 22.0. The Morgan fingerprint density at radius 3 is 2.74 bits per heavy atom. The van der Waals surface area contributed by atoms with E-state index < -0.39 is 17.6 Å². The maximum atomic E-state index is 14.5. The number of aryl methyl sites for hydroxylation is 1. The van der Waals surface area contributed by atoms with Crippen molar-refractivity contribution >= 4 is 24.2 Å². The average Bonchev–Trinajstić information content (AvgIpc) is 3.06. The smallest absolute Gasteiger partial charge is 0.416 e. The number of hydrogen-bond donors (Lipinski definition) is 0. The highest BCUT2D eigenvalue weighted by Gasteiger charge is 2.61. The van der Waals surface area contributed by atoms with Crippen LogP contribution in [-0.2, 0) is 18.6 Å². The summed E-state index contributed by atoms with van der Waals surface area (Å²) in [5, 5.41) is 9.23. The second-order valence-corrected chi connectivity index (χ2v) is 9.88. The number of likely N-dealkylation sites (tertiary alicyclic amines) is 1. The Hall–Kier alpha value is -2.11. The van der Waals surface area contributed by atoms with Gasteiger partial charge < -0.3 is 13.9 Å². The lowest BCUT2D eigenvalue weighted by Gasteiger charge is -2.21. The van der Waals surface area contributed by atoms with Gasteiger partial charge in [0.2, 0.25) is 5.82 Å². The Kier molecular flexibility index (Phi) is 6.73. The SMILES string of the molecule is Cc1ncoc1-c1nnc(SCCCN2C[C@H]3CC3(c3ccc(C(F)(F)F)cc3F)C2)n1C.Cl. The largest absolute Gasteiger partial charge is 0.440 e. The zero-order valence-corrected chi connectivity index (χ0v) is 20.2. The number of nitrogens with zero attached hydrogens (tertiary/aromatic N) is 5. The minimum Gasteiger partial charge on any atom is -0.440 e. The van der Waals surface area contributed by atoms with Crippen molar-refractivity contribution in [3.05, 3.63) is 47.2 Å². The van der Waals surface area contributed by atoms with Gasteiger partial charge in [-0.3, -0.25) is 0 Å². The summed E-state index contributed by atoms with van der Waals surface area (Å²) < 4.78 is 60.4. The highest BCUT2D eigenvalue weighted by molar-refractivity contribution is 7.99. The molecule has 1 saturated heterocycles. The zero-order chi connectivity index (χ0) is 23.4. The van der Waals surface area contributed by atoms with Crippen molar-refractivity contribution in [2.24, 2.45) is 13.0 Å². The second-order valence-electron chi connectivity index (χ2n) is 8.82. The van der Waals surface area contributed by atoms with Crippen LogP contribution in [0.2, 0.25) is 0 Å². The number of piperidine rings is 1. The Balaban J connectivity index is 0.00000274. The molecule has 0 radical (unpaired) electrons. The van der Waals surface area contributed by atoms with Gasteiger partial charge in [-0.05, 0) is 49.9 Å². The maximum absolute atomic E-state index is 14.5. The third-order valence-corrected chi connectivity index (χ3v) is 7.79. The first-order valence-corrected chi connectivity index (χ1v) is 11.7. The topological polar surface area (TPSA) is 60.0 Å². The number of hydrogen-bond acceptors (Lipinski definition) is 6. The molecule has 34 heavy (non-hydrogen) atoms. The quantitative estimate of drug-likeness (QED) is 0.246. The summed E-state index contributed by atoms with van der Waals surface area (Å²) in [5.74, 6) is 1.64. The van der Waals surface area contributed by atoms with E-state index in [1.54, 1.807) is 11.8 Å². The molecule has 2 aliphatic rings. The van der Waals surface area contributed by atoms with Gasteiger partial charge in [-0.1, -0.05) is 17.8 Å².